The summed E-state index contributed by atoms with van der Waals surface area (Å²) in [6, 6.07) is 22.5. The van der Waals surface area contributed by atoms with Crippen LogP contribution in [0.4, 0.5) is 0 Å². The van der Waals surface area contributed by atoms with Crippen molar-refractivity contribution in [1.29, 1.82) is 0 Å². The van der Waals surface area contributed by atoms with Crippen LogP contribution in [0.5, 0.6) is 0 Å². The molecule has 3 aromatic carbocycles. The van der Waals surface area contributed by atoms with Gasteiger partial charge in [-0.2, -0.15) is 0 Å². The molecule has 1 heterocycles. The number of carbonyl (C=O) groups is 3. The Bertz CT molecular complexity index is 1240. The lowest BCUT2D eigenvalue weighted by Crippen LogP contribution is -2.43. The van der Waals surface area contributed by atoms with Crippen molar-refractivity contribution < 1.29 is 23.6 Å². The summed E-state index contributed by atoms with van der Waals surface area (Å²) in [5, 5.41) is 4.66. The maximum absolute atomic E-state index is 12.4. The summed E-state index contributed by atoms with van der Waals surface area (Å²) in [6.45, 7) is -0.554. The minimum Gasteiger partial charge on any atom is -0.452 e. The van der Waals surface area contributed by atoms with Crippen LogP contribution in [0.1, 0.15) is 20.7 Å². The van der Waals surface area contributed by atoms with Gasteiger partial charge in [-0.25, -0.2) is 4.79 Å². The molecule has 0 saturated carbocycles. The number of aromatic nitrogens is 1. The lowest BCUT2D eigenvalue weighted by molar-refractivity contribution is -0.125. The molecule has 0 atom stereocenters. The Balaban J connectivity index is 1.37. The molecule has 0 aliphatic rings. The fraction of sp³-hybridized carbons (Fsp3) is 0.0435. The van der Waals surface area contributed by atoms with E-state index >= 15 is 0 Å². The topological polar surface area (TPSA) is 111 Å². The van der Waals surface area contributed by atoms with Crippen LogP contribution >= 0.6 is 0 Å². The van der Waals surface area contributed by atoms with Gasteiger partial charge in [-0.3, -0.25) is 20.4 Å². The van der Waals surface area contributed by atoms with Crippen molar-refractivity contribution in [2.24, 2.45) is 0 Å². The number of benzene rings is 3. The molecule has 0 fully saturated rings. The summed E-state index contributed by atoms with van der Waals surface area (Å²) in [7, 11) is 0. The second-order valence-electron chi connectivity index (χ2n) is 6.55. The fourth-order valence-electron chi connectivity index (χ4n) is 2.90. The molecule has 31 heavy (non-hydrogen) atoms. The van der Waals surface area contributed by atoms with E-state index < -0.39 is 24.4 Å². The molecule has 0 aliphatic heterocycles. The summed E-state index contributed by atoms with van der Waals surface area (Å²) in [4.78, 5) is 36.2. The number of ether oxygens (including phenoxy) is 1. The first-order chi connectivity index (χ1) is 15.1. The van der Waals surface area contributed by atoms with Gasteiger partial charge in [-0.05, 0) is 30.3 Å². The van der Waals surface area contributed by atoms with Gasteiger partial charge < -0.3 is 9.26 Å². The number of hydrogen-bond acceptors (Lipinski definition) is 6. The average molecular weight is 415 g/mol. The maximum Gasteiger partial charge on any atom is 0.338 e. The van der Waals surface area contributed by atoms with Crippen LogP contribution < -0.4 is 10.9 Å². The third kappa shape index (κ3) is 4.59. The smallest absolute Gasteiger partial charge is 0.338 e. The van der Waals surface area contributed by atoms with E-state index in [9.17, 15) is 14.4 Å². The fourth-order valence-corrected chi connectivity index (χ4v) is 2.90. The van der Waals surface area contributed by atoms with E-state index in [2.05, 4.69) is 16.0 Å². The number of amides is 2. The van der Waals surface area contributed by atoms with Gasteiger partial charge in [0.2, 0.25) is 0 Å². The van der Waals surface area contributed by atoms with E-state index in [1.807, 2.05) is 30.3 Å². The number of hydrazine groups is 1. The Morgan fingerprint density at radius 2 is 1.55 bits per heavy atom. The number of fused-ring (bicyclic) bond motifs is 1. The molecule has 0 saturated heterocycles. The normalized spacial score (nSPS) is 10.5. The highest BCUT2D eigenvalue weighted by Crippen LogP contribution is 2.29. The molecule has 1 aromatic heterocycles. The first kappa shape index (κ1) is 19.8. The molecule has 0 unspecified atom stereocenters. The van der Waals surface area contributed by atoms with Crippen molar-refractivity contribution in [3.63, 3.8) is 0 Å². The van der Waals surface area contributed by atoms with Gasteiger partial charge in [-0.15, -0.1) is 0 Å². The molecule has 4 rings (SSSR count). The molecule has 154 valence electrons. The summed E-state index contributed by atoms with van der Waals surface area (Å²) in [5.41, 5.74) is 6.51. The predicted molar refractivity (Wildman–Crippen MR) is 112 cm³/mol. The first-order valence-electron chi connectivity index (χ1n) is 9.38. The Kier molecular flexibility index (Phi) is 5.70. The lowest BCUT2D eigenvalue weighted by atomic mass is 10.1. The SMILES string of the molecule is O=C(COC(=O)c1ccc2noc(-c3ccccc3)c2c1)NNC(=O)c1ccccc1. The Morgan fingerprint density at radius 1 is 0.839 bits per heavy atom. The Hall–Kier alpha value is -4.46. The van der Waals surface area contributed by atoms with Gasteiger partial charge in [0.15, 0.2) is 12.4 Å². The minimum absolute atomic E-state index is 0.244. The van der Waals surface area contributed by atoms with E-state index in [1.54, 1.807) is 42.5 Å². The number of esters is 1. The number of nitrogens with one attached hydrogen (secondary N) is 2. The molecule has 2 N–H and O–H groups in total. The third-order valence-corrected chi connectivity index (χ3v) is 4.43. The second-order valence-corrected chi connectivity index (χ2v) is 6.55. The molecule has 0 bridgehead atoms. The highest BCUT2D eigenvalue weighted by atomic mass is 16.5. The van der Waals surface area contributed by atoms with Gasteiger partial charge in [0.1, 0.15) is 5.52 Å². The monoisotopic (exact) mass is 415 g/mol. The van der Waals surface area contributed by atoms with Crippen LogP contribution in [0, 0.1) is 0 Å². The van der Waals surface area contributed by atoms with Crippen LogP contribution in [-0.4, -0.2) is 29.5 Å². The third-order valence-electron chi connectivity index (χ3n) is 4.43. The van der Waals surface area contributed by atoms with Gasteiger partial charge in [-0.1, -0.05) is 53.7 Å². The minimum atomic E-state index is -0.688. The molecule has 0 spiro atoms. The number of rotatable bonds is 5. The zero-order valence-corrected chi connectivity index (χ0v) is 16.2. The Morgan fingerprint density at radius 3 is 2.29 bits per heavy atom. The predicted octanol–water partition coefficient (Wildman–Crippen LogP) is 3.11. The lowest BCUT2D eigenvalue weighted by Gasteiger charge is -2.08. The zero-order chi connectivity index (χ0) is 21.6. The van der Waals surface area contributed by atoms with Crippen LogP contribution in [-0.2, 0) is 9.53 Å². The molecule has 2 amide bonds. The average Bonchev–Trinajstić information content (AvgIpc) is 3.25. The van der Waals surface area contributed by atoms with Gasteiger partial charge in [0, 0.05) is 11.1 Å². The highest BCUT2D eigenvalue weighted by Gasteiger charge is 2.16. The summed E-state index contributed by atoms with van der Waals surface area (Å²) in [6.07, 6.45) is 0. The van der Waals surface area contributed by atoms with Crippen LogP contribution in [0.25, 0.3) is 22.2 Å². The molecule has 0 radical (unpaired) electrons. The standard InChI is InChI=1S/C23H17N3O5/c27-20(24-25-22(28)16-9-5-2-6-10-16)14-30-23(29)17-11-12-19-18(13-17)21(31-26-19)15-7-3-1-4-8-15/h1-13H,14H2,(H,24,27)(H,25,28). The van der Waals surface area contributed by atoms with E-state index in [0.29, 0.717) is 22.2 Å². The van der Waals surface area contributed by atoms with Crippen molar-refractivity contribution >= 4 is 28.7 Å². The van der Waals surface area contributed by atoms with Crippen molar-refractivity contribution in [3.8, 4) is 11.3 Å². The van der Waals surface area contributed by atoms with E-state index in [-0.39, 0.29) is 5.56 Å². The van der Waals surface area contributed by atoms with Gasteiger partial charge in [0.05, 0.1) is 10.9 Å². The molecular weight excluding hydrogens is 398 g/mol. The summed E-state index contributed by atoms with van der Waals surface area (Å²) >= 11 is 0. The van der Waals surface area contributed by atoms with Crippen molar-refractivity contribution in [1.82, 2.24) is 16.0 Å². The summed E-state index contributed by atoms with van der Waals surface area (Å²) in [5.74, 6) is -1.31. The molecule has 8 heteroatoms. The highest BCUT2D eigenvalue weighted by molar-refractivity contribution is 5.99. The number of nitrogens with zero attached hydrogens (tertiary/aromatic N) is 1. The molecule has 0 aliphatic carbocycles. The van der Waals surface area contributed by atoms with Crippen molar-refractivity contribution in [2.75, 3.05) is 6.61 Å². The molecule has 4 aromatic rings. The van der Waals surface area contributed by atoms with E-state index in [4.69, 9.17) is 9.26 Å². The van der Waals surface area contributed by atoms with Crippen LogP contribution in [0.15, 0.2) is 83.4 Å². The van der Waals surface area contributed by atoms with Gasteiger partial charge in [0.25, 0.3) is 11.8 Å². The Labute approximate surface area is 176 Å². The van der Waals surface area contributed by atoms with Crippen LogP contribution in [0.2, 0.25) is 0 Å². The molecular formula is C23H17N3O5. The zero-order valence-electron chi connectivity index (χ0n) is 16.2. The van der Waals surface area contributed by atoms with E-state index in [0.717, 1.165) is 5.56 Å². The number of carbonyl (C=O) groups excluding carboxylic acids is 3. The van der Waals surface area contributed by atoms with Crippen LogP contribution in [0.3, 0.4) is 0 Å². The second kappa shape index (κ2) is 8.91. The van der Waals surface area contributed by atoms with Crippen molar-refractivity contribution in [3.05, 3.63) is 90.0 Å². The quantitative estimate of drug-likeness (QED) is 0.383. The first-order valence-corrected chi connectivity index (χ1v) is 9.38. The maximum atomic E-state index is 12.4. The van der Waals surface area contributed by atoms with Crippen molar-refractivity contribution in [2.45, 2.75) is 0 Å². The molecule has 8 nitrogen and oxygen atoms in total. The van der Waals surface area contributed by atoms with Gasteiger partial charge >= 0.3 is 5.97 Å². The van der Waals surface area contributed by atoms with E-state index in [1.165, 1.54) is 6.07 Å². The summed E-state index contributed by atoms with van der Waals surface area (Å²) < 4.78 is 10.5. The largest absolute Gasteiger partial charge is 0.452 e. The number of hydrogen-bond donors (Lipinski definition) is 2.